The number of benzene rings is 3. The first-order valence-corrected chi connectivity index (χ1v) is 8.75. The van der Waals surface area contributed by atoms with Crippen LogP contribution < -0.4 is 10.6 Å². The van der Waals surface area contributed by atoms with Gasteiger partial charge in [0.1, 0.15) is 0 Å². The third kappa shape index (κ3) is 4.21. The Kier molecular flexibility index (Phi) is 5.87. The Hall–Kier alpha value is -2.85. The predicted molar refractivity (Wildman–Crippen MR) is 105 cm³/mol. The van der Waals surface area contributed by atoms with E-state index < -0.39 is 0 Å². The Balaban J connectivity index is 1.58. The Bertz CT molecular complexity index is 887. The Morgan fingerprint density at radius 1 is 0.962 bits per heavy atom. The molecule has 0 spiro atoms. The number of ether oxygens (including phenoxy) is 1. The van der Waals surface area contributed by atoms with E-state index in [9.17, 15) is 4.79 Å². The van der Waals surface area contributed by atoms with E-state index in [2.05, 4.69) is 28.8 Å². The van der Waals surface area contributed by atoms with Gasteiger partial charge in [-0.3, -0.25) is 0 Å². The first kappa shape index (κ1) is 18.0. The summed E-state index contributed by atoms with van der Waals surface area (Å²) in [6.45, 7) is 2.94. The van der Waals surface area contributed by atoms with Crippen molar-refractivity contribution in [3.63, 3.8) is 0 Å². The molecule has 4 heteroatoms. The lowest BCUT2D eigenvalue weighted by atomic mass is 10.0. The number of nitrogens with one attached hydrogen (secondary N) is 2. The maximum atomic E-state index is 12.2. The van der Waals surface area contributed by atoms with E-state index in [1.807, 2.05) is 55.5 Å². The van der Waals surface area contributed by atoms with Gasteiger partial charge >= 0.3 is 6.03 Å². The summed E-state index contributed by atoms with van der Waals surface area (Å²) in [5, 5.41) is 8.16. The molecular weight excluding hydrogens is 324 g/mol. The molecule has 0 unspecified atom stereocenters. The molecule has 0 bridgehead atoms. The zero-order valence-corrected chi connectivity index (χ0v) is 15.2. The maximum Gasteiger partial charge on any atom is 0.315 e. The number of hydrogen-bond acceptors (Lipinski definition) is 2. The van der Waals surface area contributed by atoms with Crippen molar-refractivity contribution in [1.29, 1.82) is 0 Å². The van der Waals surface area contributed by atoms with Crippen molar-refractivity contribution in [2.75, 3.05) is 13.7 Å². The van der Waals surface area contributed by atoms with Crippen LogP contribution in [0.5, 0.6) is 0 Å². The average Bonchev–Trinajstić information content (AvgIpc) is 2.68. The molecule has 3 aromatic carbocycles. The molecule has 0 heterocycles. The van der Waals surface area contributed by atoms with Gasteiger partial charge in [0.05, 0.1) is 6.10 Å². The first-order valence-electron chi connectivity index (χ1n) is 8.75. The van der Waals surface area contributed by atoms with Gasteiger partial charge in [0, 0.05) is 20.2 Å². The van der Waals surface area contributed by atoms with Crippen LogP contribution in [0.1, 0.15) is 22.8 Å². The molecule has 4 nitrogen and oxygen atoms in total. The van der Waals surface area contributed by atoms with Gasteiger partial charge in [0.15, 0.2) is 0 Å². The molecule has 0 fully saturated rings. The van der Waals surface area contributed by atoms with E-state index in [4.69, 9.17) is 4.74 Å². The van der Waals surface area contributed by atoms with Crippen LogP contribution in [0, 0.1) is 6.92 Å². The Labute approximate surface area is 154 Å². The van der Waals surface area contributed by atoms with Gasteiger partial charge in [-0.2, -0.15) is 0 Å². The Morgan fingerprint density at radius 2 is 1.69 bits per heavy atom. The number of methoxy groups -OCH3 is 1. The highest BCUT2D eigenvalue weighted by Crippen LogP contribution is 2.20. The monoisotopic (exact) mass is 348 g/mol. The smallest absolute Gasteiger partial charge is 0.315 e. The second-order valence-corrected chi connectivity index (χ2v) is 6.28. The summed E-state index contributed by atoms with van der Waals surface area (Å²) in [5.41, 5.74) is 3.34. The zero-order chi connectivity index (χ0) is 18.4. The molecule has 2 N–H and O–H groups in total. The van der Waals surface area contributed by atoms with Crippen molar-refractivity contribution in [2.45, 2.75) is 19.6 Å². The number of fused-ring (bicyclic) bond motifs is 1. The van der Waals surface area contributed by atoms with Crippen LogP contribution in [0.4, 0.5) is 4.79 Å². The Morgan fingerprint density at radius 3 is 2.50 bits per heavy atom. The molecule has 0 aliphatic heterocycles. The van der Waals surface area contributed by atoms with Crippen LogP contribution in [0.15, 0.2) is 66.7 Å². The molecule has 26 heavy (non-hydrogen) atoms. The molecule has 134 valence electrons. The molecule has 1 atom stereocenters. The summed E-state index contributed by atoms with van der Waals surface area (Å²) < 4.78 is 5.55. The van der Waals surface area contributed by atoms with Gasteiger partial charge in [0.25, 0.3) is 0 Å². The van der Waals surface area contributed by atoms with Crippen molar-refractivity contribution in [1.82, 2.24) is 10.6 Å². The van der Waals surface area contributed by atoms with Gasteiger partial charge < -0.3 is 15.4 Å². The highest BCUT2D eigenvalue weighted by molar-refractivity contribution is 5.86. The predicted octanol–water partition coefficient (Wildman–Crippen LogP) is 4.34. The van der Waals surface area contributed by atoms with Crippen LogP contribution in [0.3, 0.4) is 0 Å². The number of aryl methyl sites for hydroxylation is 1. The second kappa shape index (κ2) is 8.50. The fourth-order valence-electron chi connectivity index (χ4n) is 3.14. The summed E-state index contributed by atoms with van der Waals surface area (Å²) in [7, 11) is 1.66. The van der Waals surface area contributed by atoms with Gasteiger partial charge in [-0.15, -0.1) is 0 Å². The quantitative estimate of drug-likeness (QED) is 0.696. The number of amides is 2. The first-order chi connectivity index (χ1) is 12.7. The molecule has 0 radical (unpaired) electrons. The third-order valence-corrected chi connectivity index (χ3v) is 4.59. The van der Waals surface area contributed by atoms with E-state index >= 15 is 0 Å². The highest BCUT2D eigenvalue weighted by Gasteiger charge is 2.14. The van der Waals surface area contributed by atoms with Gasteiger partial charge in [0.2, 0.25) is 0 Å². The lowest BCUT2D eigenvalue weighted by Crippen LogP contribution is -2.37. The molecular formula is C22H24N2O2. The molecule has 3 rings (SSSR count). The van der Waals surface area contributed by atoms with Crippen LogP contribution in [0.2, 0.25) is 0 Å². The summed E-state index contributed by atoms with van der Waals surface area (Å²) >= 11 is 0. The van der Waals surface area contributed by atoms with Crippen LogP contribution in [-0.2, 0) is 11.3 Å². The van der Waals surface area contributed by atoms with Crippen molar-refractivity contribution >= 4 is 16.8 Å². The standard InChI is InChI=1S/C22H24N2O2/c1-16-8-3-5-12-19(16)21(26-2)15-24-22(25)23-14-18-11-7-10-17-9-4-6-13-20(17)18/h3-13,21H,14-15H2,1-2H3,(H2,23,24,25)/t21-/m1/s1. The van der Waals surface area contributed by atoms with Crippen molar-refractivity contribution in [2.24, 2.45) is 0 Å². The van der Waals surface area contributed by atoms with E-state index in [0.717, 1.165) is 22.1 Å². The van der Waals surface area contributed by atoms with Crippen molar-refractivity contribution in [3.8, 4) is 0 Å². The van der Waals surface area contributed by atoms with Gasteiger partial charge in [-0.1, -0.05) is 66.7 Å². The summed E-state index contributed by atoms with van der Waals surface area (Å²) in [4.78, 5) is 12.2. The maximum absolute atomic E-state index is 12.2. The second-order valence-electron chi connectivity index (χ2n) is 6.28. The summed E-state index contributed by atoms with van der Waals surface area (Å²) in [6, 6.07) is 22.1. The largest absolute Gasteiger partial charge is 0.375 e. The molecule has 0 saturated heterocycles. The van der Waals surface area contributed by atoms with Gasteiger partial charge in [-0.05, 0) is 34.4 Å². The summed E-state index contributed by atoms with van der Waals surface area (Å²) in [5.74, 6) is 0. The minimum atomic E-state index is -0.200. The lowest BCUT2D eigenvalue weighted by molar-refractivity contribution is 0.103. The minimum absolute atomic E-state index is 0.167. The average molecular weight is 348 g/mol. The van der Waals surface area contributed by atoms with Crippen LogP contribution >= 0.6 is 0 Å². The minimum Gasteiger partial charge on any atom is -0.375 e. The molecule has 2 amide bonds. The van der Waals surface area contributed by atoms with E-state index in [1.165, 1.54) is 5.39 Å². The molecule has 3 aromatic rings. The van der Waals surface area contributed by atoms with Crippen LogP contribution in [-0.4, -0.2) is 19.7 Å². The molecule has 0 aliphatic rings. The fraction of sp³-hybridized carbons (Fsp3) is 0.227. The lowest BCUT2D eigenvalue weighted by Gasteiger charge is -2.19. The normalized spacial score (nSPS) is 11.9. The number of carbonyl (C=O) groups excluding carboxylic acids is 1. The number of rotatable bonds is 6. The van der Waals surface area contributed by atoms with E-state index in [1.54, 1.807) is 7.11 Å². The van der Waals surface area contributed by atoms with E-state index in [0.29, 0.717) is 13.1 Å². The number of urea groups is 1. The van der Waals surface area contributed by atoms with Crippen LogP contribution in [0.25, 0.3) is 10.8 Å². The summed E-state index contributed by atoms with van der Waals surface area (Å²) in [6.07, 6.45) is -0.167. The van der Waals surface area contributed by atoms with E-state index in [-0.39, 0.29) is 12.1 Å². The third-order valence-electron chi connectivity index (χ3n) is 4.59. The zero-order valence-electron chi connectivity index (χ0n) is 15.2. The van der Waals surface area contributed by atoms with Crippen molar-refractivity contribution in [3.05, 3.63) is 83.4 Å². The number of hydrogen-bond donors (Lipinski definition) is 2. The highest BCUT2D eigenvalue weighted by atomic mass is 16.5. The molecule has 0 saturated carbocycles. The molecule has 0 aliphatic carbocycles. The number of carbonyl (C=O) groups is 1. The SMILES string of the molecule is CO[C@H](CNC(=O)NCc1cccc2ccccc12)c1ccccc1C. The van der Waals surface area contributed by atoms with Crippen molar-refractivity contribution < 1.29 is 9.53 Å². The van der Waals surface area contributed by atoms with Gasteiger partial charge in [-0.25, -0.2) is 4.79 Å². The topological polar surface area (TPSA) is 50.4 Å². The molecule has 0 aromatic heterocycles. The fourth-order valence-corrected chi connectivity index (χ4v) is 3.14.